The third-order valence-corrected chi connectivity index (χ3v) is 0.779. The Hall–Kier alpha value is -0.610. The van der Waals surface area contributed by atoms with Gasteiger partial charge in [0.25, 0.3) is 0 Å². The highest BCUT2D eigenvalue weighted by Crippen LogP contribution is 1.85. The summed E-state index contributed by atoms with van der Waals surface area (Å²) in [6.45, 7) is 0.950. The van der Waals surface area contributed by atoms with Crippen LogP contribution in [0.3, 0.4) is 0 Å². The summed E-state index contributed by atoms with van der Waals surface area (Å²) in [6.07, 6.45) is -0.525. The fourth-order valence-electron chi connectivity index (χ4n) is 0.240. The number of carbonyl (C=O) groups excluding carboxylic acids is 1. The molecule has 4 nitrogen and oxygen atoms in total. The lowest BCUT2D eigenvalue weighted by Crippen LogP contribution is -2.31. The van der Waals surface area contributed by atoms with Crippen LogP contribution in [-0.4, -0.2) is 34.5 Å². The molecule has 0 fully saturated rings. The zero-order valence-electron chi connectivity index (χ0n) is 4.61. The SMILES string of the molecule is CC(O)N(C=O)CO. The standard InChI is InChI=1S/C4H9NO3/c1-4(8)5(2-6)3-7/h2,4,7-8H,3H2,1H3. The van der Waals surface area contributed by atoms with Crippen LogP contribution in [0, 0.1) is 0 Å². The molecule has 0 radical (unpaired) electrons. The second-order valence-corrected chi connectivity index (χ2v) is 1.39. The van der Waals surface area contributed by atoms with Crippen molar-refractivity contribution in [2.45, 2.75) is 13.2 Å². The summed E-state index contributed by atoms with van der Waals surface area (Å²) >= 11 is 0. The van der Waals surface area contributed by atoms with Crippen LogP contribution in [0.1, 0.15) is 6.92 Å². The quantitative estimate of drug-likeness (QED) is 0.360. The van der Waals surface area contributed by atoms with Gasteiger partial charge < -0.3 is 10.2 Å². The Kier molecular flexibility index (Phi) is 3.14. The largest absolute Gasteiger partial charge is 0.376 e. The van der Waals surface area contributed by atoms with Gasteiger partial charge in [0.1, 0.15) is 13.0 Å². The van der Waals surface area contributed by atoms with Crippen molar-refractivity contribution in [3.05, 3.63) is 0 Å². The van der Waals surface area contributed by atoms with E-state index in [1.165, 1.54) is 6.92 Å². The van der Waals surface area contributed by atoms with Crippen LogP contribution in [0.5, 0.6) is 0 Å². The van der Waals surface area contributed by atoms with Gasteiger partial charge in [0.2, 0.25) is 6.41 Å². The second kappa shape index (κ2) is 3.40. The third kappa shape index (κ3) is 1.90. The molecule has 2 N–H and O–H groups in total. The lowest BCUT2D eigenvalue weighted by Gasteiger charge is -2.15. The van der Waals surface area contributed by atoms with Crippen molar-refractivity contribution in [3.8, 4) is 0 Å². The number of hydrogen-bond donors (Lipinski definition) is 2. The Morgan fingerprint density at radius 3 is 2.38 bits per heavy atom. The van der Waals surface area contributed by atoms with Crippen molar-refractivity contribution >= 4 is 6.41 Å². The Morgan fingerprint density at radius 1 is 1.88 bits per heavy atom. The maximum Gasteiger partial charge on any atom is 0.213 e. The Balaban J connectivity index is 3.51. The number of hydrogen-bond acceptors (Lipinski definition) is 3. The lowest BCUT2D eigenvalue weighted by atomic mass is 10.6. The van der Waals surface area contributed by atoms with E-state index >= 15 is 0 Å². The highest BCUT2D eigenvalue weighted by atomic mass is 16.3. The molecule has 0 aromatic carbocycles. The first kappa shape index (κ1) is 7.39. The van der Waals surface area contributed by atoms with Crippen molar-refractivity contribution in [2.24, 2.45) is 0 Å². The minimum absolute atomic E-state index is 0.380. The molecule has 0 heterocycles. The highest BCUT2D eigenvalue weighted by Gasteiger charge is 2.02. The molecule has 0 saturated heterocycles. The van der Waals surface area contributed by atoms with Crippen LogP contribution < -0.4 is 0 Å². The molecule has 1 amide bonds. The summed E-state index contributed by atoms with van der Waals surface area (Å²) in [5.41, 5.74) is 0. The molecule has 0 aliphatic rings. The lowest BCUT2D eigenvalue weighted by molar-refractivity contribution is -0.132. The molecule has 8 heavy (non-hydrogen) atoms. The van der Waals surface area contributed by atoms with Crippen LogP contribution in [0.2, 0.25) is 0 Å². The van der Waals surface area contributed by atoms with E-state index in [9.17, 15) is 4.79 Å². The van der Waals surface area contributed by atoms with Gasteiger partial charge in [-0.1, -0.05) is 0 Å². The first-order valence-electron chi connectivity index (χ1n) is 2.22. The van der Waals surface area contributed by atoms with Gasteiger partial charge in [-0.25, -0.2) is 0 Å². The molecule has 1 atom stereocenters. The van der Waals surface area contributed by atoms with Gasteiger partial charge in [-0.05, 0) is 6.92 Å². The Morgan fingerprint density at radius 2 is 2.38 bits per heavy atom. The molecule has 0 aromatic heterocycles. The summed E-state index contributed by atoms with van der Waals surface area (Å²) in [6, 6.07) is 0. The average Bonchev–Trinajstić information content (AvgIpc) is 1.69. The summed E-state index contributed by atoms with van der Waals surface area (Å²) < 4.78 is 0. The number of nitrogens with zero attached hydrogens (tertiary/aromatic N) is 1. The maximum atomic E-state index is 9.78. The minimum Gasteiger partial charge on any atom is -0.376 e. The fraction of sp³-hybridized carbons (Fsp3) is 0.750. The predicted octanol–water partition coefficient (Wildman–Crippen LogP) is -1.27. The van der Waals surface area contributed by atoms with Crippen molar-refractivity contribution in [3.63, 3.8) is 0 Å². The summed E-state index contributed by atoms with van der Waals surface area (Å²) in [5, 5.41) is 16.8. The molecular formula is C4H9NO3. The van der Waals surface area contributed by atoms with E-state index in [4.69, 9.17) is 10.2 Å². The molecule has 4 heteroatoms. The van der Waals surface area contributed by atoms with E-state index in [-0.39, 0.29) is 0 Å². The number of aliphatic hydroxyl groups is 2. The number of aliphatic hydroxyl groups excluding tert-OH is 2. The Labute approximate surface area is 47.3 Å². The summed E-state index contributed by atoms with van der Waals surface area (Å²) in [7, 11) is 0. The Bertz CT molecular complexity index is 73.7. The van der Waals surface area contributed by atoms with Gasteiger partial charge in [-0.2, -0.15) is 0 Å². The monoisotopic (exact) mass is 119 g/mol. The molecule has 48 valence electrons. The molecule has 1 unspecified atom stereocenters. The minimum atomic E-state index is -0.905. The van der Waals surface area contributed by atoms with Crippen LogP contribution in [0.4, 0.5) is 0 Å². The van der Waals surface area contributed by atoms with Gasteiger partial charge in [0.15, 0.2) is 0 Å². The van der Waals surface area contributed by atoms with Crippen molar-refractivity contribution < 1.29 is 15.0 Å². The zero-order valence-corrected chi connectivity index (χ0v) is 4.61. The number of amides is 1. The second-order valence-electron chi connectivity index (χ2n) is 1.39. The molecule has 0 bridgehead atoms. The van der Waals surface area contributed by atoms with E-state index < -0.39 is 13.0 Å². The van der Waals surface area contributed by atoms with Crippen molar-refractivity contribution in [1.82, 2.24) is 4.90 Å². The van der Waals surface area contributed by atoms with Gasteiger partial charge >= 0.3 is 0 Å². The van der Waals surface area contributed by atoms with E-state index in [0.29, 0.717) is 6.41 Å². The normalized spacial score (nSPS) is 12.9. The van der Waals surface area contributed by atoms with Crippen LogP contribution >= 0.6 is 0 Å². The van der Waals surface area contributed by atoms with Gasteiger partial charge in [0, 0.05) is 0 Å². The molecule has 0 aliphatic heterocycles. The molecule has 0 rings (SSSR count). The van der Waals surface area contributed by atoms with Crippen LogP contribution in [0.25, 0.3) is 0 Å². The maximum absolute atomic E-state index is 9.78. The number of carbonyl (C=O) groups is 1. The average molecular weight is 119 g/mol. The van der Waals surface area contributed by atoms with E-state index in [2.05, 4.69) is 0 Å². The van der Waals surface area contributed by atoms with Crippen LogP contribution in [0.15, 0.2) is 0 Å². The fourth-order valence-corrected chi connectivity index (χ4v) is 0.240. The third-order valence-electron chi connectivity index (χ3n) is 0.779. The topological polar surface area (TPSA) is 60.8 Å². The molecule has 0 spiro atoms. The smallest absolute Gasteiger partial charge is 0.213 e. The molecule has 0 aliphatic carbocycles. The highest BCUT2D eigenvalue weighted by molar-refractivity contribution is 5.46. The van der Waals surface area contributed by atoms with Crippen molar-refractivity contribution in [2.75, 3.05) is 6.73 Å². The molecular weight excluding hydrogens is 110 g/mol. The molecule has 0 aromatic rings. The van der Waals surface area contributed by atoms with Gasteiger partial charge in [-0.3, -0.25) is 9.69 Å². The van der Waals surface area contributed by atoms with Gasteiger partial charge in [0.05, 0.1) is 0 Å². The van der Waals surface area contributed by atoms with E-state index in [0.717, 1.165) is 4.90 Å². The first-order chi connectivity index (χ1) is 3.72. The van der Waals surface area contributed by atoms with Crippen LogP contribution in [-0.2, 0) is 4.79 Å². The van der Waals surface area contributed by atoms with E-state index in [1.54, 1.807) is 0 Å². The predicted molar refractivity (Wildman–Crippen MR) is 26.7 cm³/mol. The number of rotatable bonds is 3. The van der Waals surface area contributed by atoms with E-state index in [1.807, 2.05) is 0 Å². The first-order valence-corrected chi connectivity index (χ1v) is 2.22. The van der Waals surface area contributed by atoms with Gasteiger partial charge in [-0.15, -0.1) is 0 Å². The summed E-state index contributed by atoms with van der Waals surface area (Å²) in [5.74, 6) is 0. The molecule has 0 saturated carbocycles. The zero-order chi connectivity index (χ0) is 6.57. The van der Waals surface area contributed by atoms with Crippen molar-refractivity contribution in [1.29, 1.82) is 0 Å². The summed E-state index contributed by atoms with van der Waals surface area (Å²) in [4.78, 5) is 10.6.